The molecule has 0 unspecified atom stereocenters. The van der Waals surface area contributed by atoms with Crippen LogP contribution < -0.4 is 5.32 Å². The van der Waals surface area contributed by atoms with E-state index < -0.39 is 10.8 Å². The van der Waals surface area contributed by atoms with Gasteiger partial charge in [-0.05, 0) is 38.0 Å². The Bertz CT molecular complexity index is 869. The molecule has 0 saturated carbocycles. The van der Waals surface area contributed by atoms with Crippen LogP contribution in [0.1, 0.15) is 28.8 Å². The molecule has 1 N–H and O–H groups in total. The minimum Gasteiger partial charge on any atom is -0.338 e. The molecule has 1 fully saturated rings. The second-order valence-corrected chi connectivity index (χ2v) is 6.52. The number of nitro benzene ring substituents is 1. The van der Waals surface area contributed by atoms with Crippen molar-refractivity contribution in [2.75, 3.05) is 18.4 Å². The fourth-order valence-electron chi connectivity index (χ4n) is 3.28. The number of hydrogen-bond donors (Lipinski definition) is 1. The van der Waals surface area contributed by atoms with Gasteiger partial charge in [-0.2, -0.15) is 0 Å². The number of aryl methyl sites for hydroxylation is 1. The summed E-state index contributed by atoms with van der Waals surface area (Å²) in [5, 5.41) is 14.1. The lowest BCUT2D eigenvalue weighted by Crippen LogP contribution is -2.44. The van der Waals surface area contributed by atoms with Crippen LogP contribution in [0.2, 0.25) is 0 Å². The number of rotatable bonds is 4. The van der Waals surface area contributed by atoms with Gasteiger partial charge in [0.2, 0.25) is 5.91 Å². The van der Waals surface area contributed by atoms with Crippen LogP contribution in [0, 0.1) is 23.0 Å². The summed E-state index contributed by atoms with van der Waals surface area (Å²) in [7, 11) is 0. The predicted octanol–water partition coefficient (Wildman–Crippen LogP) is 2.79. The number of aromatic nitrogens is 1. The van der Waals surface area contributed by atoms with Gasteiger partial charge in [0.1, 0.15) is 11.4 Å². The van der Waals surface area contributed by atoms with Crippen molar-refractivity contribution < 1.29 is 14.5 Å². The molecule has 0 spiro atoms. The van der Waals surface area contributed by atoms with E-state index >= 15 is 0 Å². The van der Waals surface area contributed by atoms with Crippen LogP contribution in [0.5, 0.6) is 0 Å². The zero-order valence-corrected chi connectivity index (χ0v) is 14.9. The zero-order chi connectivity index (χ0) is 19.4. The Morgan fingerprint density at radius 1 is 1.26 bits per heavy atom. The van der Waals surface area contributed by atoms with Crippen LogP contribution >= 0.6 is 0 Å². The van der Waals surface area contributed by atoms with Gasteiger partial charge < -0.3 is 10.2 Å². The molecule has 8 nitrogen and oxygen atoms in total. The summed E-state index contributed by atoms with van der Waals surface area (Å²) in [6.45, 7) is 2.30. The van der Waals surface area contributed by atoms with E-state index in [2.05, 4.69) is 10.3 Å². The van der Waals surface area contributed by atoms with Crippen molar-refractivity contribution in [2.24, 2.45) is 5.92 Å². The molecule has 2 aromatic rings. The molecule has 1 saturated heterocycles. The molecular formula is C19H20N4O4. The Hall–Kier alpha value is -3.29. The standard InChI is InChI=1S/C19H20N4O4/c1-13-6-4-8-15(17(13)23(26)27)19(25)22-11-5-7-14(12-22)18(24)21-16-9-2-3-10-20-16/h2-4,6,8-10,14H,5,7,11-12H2,1H3,(H,20,21,24)/t14-/m1/s1. The van der Waals surface area contributed by atoms with Gasteiger partial charge in [0, 0.05) is 24.8 Å². The van der Waals surface area contributed by atoms with Gasteiger partial charge in [-0.25, -0.2) is 4.98 Å². The number of para-hydroxylation sites is 1. The first-order valence-corrected chi connectivity index (χ1v) is 8.72. The van der Waals surface area contributed by atoms with Gasteiger partial charge in [0.05, 0.1) is 10.8 Å². The van der Waals surface area contributed by atoms with Crippen molar-refractivity contribution in [3.8, 4) is 0 Å². The van der Waals surface area contributed by atoms with Gasteiger partial charge in [0.25, 0.3) is 11.6 Å². The summed E-state index contributed by atoms with van der Waals surface area (Å²) in [4.78, 5) is 41.8. The molecule has 27 heavy (non-hydrogen) atoms. The second kappa shape index (κ2) is 7.94. The van der Waals surface area contributed by atoms with Crippen molar-refractivity contribution in [1.82, 2.24) is 9.88 Å². The number of amides is 2. The van der Waals surface area contributed by atoms with Crippen molar-refractivity contribution >= 4 is 23.3 Å². The Morgan fingerprint density at radius 2 is 2.07 bits per heavy atom. The number of piperidine rings is 1. The van der Waals surface area contributed by atoms with E-state index in [9.17, 15) is 19.7 Å². The van der Waals surface area contributed by atoms with Gasteiger partial charge in [-0.3, -0.25) is 19.7 Å². The average Bonchev–Trinajstić information content (AvgIpc) is 2.67. The highest BCUT2D eigenvalue weighted by molar-refractivity contribution is 5.99. The minimum absolute atomic E-state index is 0.0609. The van der Waals surface area contributed by atoms with Crippen molar-refractivity contribution in [2.45, 2.75) is 19.8 Å². The summed E-state index contributed by atoms with van der Waals surface area (Å²) in [5.74, 6) is -0.542. The molecule has 0 radical (unpaired) electrons. The Kier molecular flexibility index (Phi) is 5.44. The molecule has 3 rings (SSSR count). The molecule has 1 atom stereocenters. The first-order valence-electron chi connectivity index (χ1n) is 8.72. The van der Waals surface area contributed by atoms with Crippen molar-refractivity contribution in [3.63, 3.8) is 0 Å². The monoisotopic (exact) mass is 368 g/mol. The number of likely N-dealkylation sites (tertiary alicyclic amines) is 1. The van der Waals surface area contributed by atoms with Crippen LogP contribution in [-0.4, -0.2) is 39.7 Å². The summed E-state index contributed by atoms with van der Waals surface area (Å²) >= 11 is 0. The lowest BCUT2D eigenvalue weighted by Gasteiger charge is -2.32. The third-order valence-corrected chi connectivity index (χ3v) is 4.65. The molecule has 1 aromatic carbocycles. The van der Waals surface area contributed by atoms with E-state index in [0.29, 0.717) is 30.8 Å². The van der Waals surface area contributed by atoms with Crippen LogP contribution in [0.15, 0.2) is 42.6 Å². The molecule has 140 valence electrons. The van der Waals surface area contributed by atoms with Crippen LogP contribution in [-0.2, 0) is 4.79 Å². The third-order valence-electron chi connectivity index (χ3n) is 4.65. The summed E-state index contributed by atoms with van der Waals surface area (Å²) in [6.07, 6.45) is 2.90. The minimum atomic E-state index is -0.530. The lowest BCUT2D eigenvalue weighted by molar-refractivity contribution is -0.385. The molecule has 2 heterocycles. The van der Waals surface area contributed by atoms with Crippen LogP contribution in [0.4, 0.5) is 11.5 Å². The number of benzene rings is 1. The molecule has 8 heteroatoms. The molecule has 0 bridgehead atoms. The number of nitrogens with zero attached hydrogens (tertiary/aromatic N) is 3. The number of pyridine rings is 1. The van der Waals surface area contributed by atoms with Crippen LogP contribution in [0.3, 0.4) is 0 Å². The van der Waals surface area contributed by atoms with E-state index in [-0.39, 0.29) is 29.6 Å². The van der Waals surface area contributed by atoms with Crippen molar-refractivity contribution in [1.29, 1.82) is 0 Å². The molecule has 0 aliphatic carbocycles. The summed E-state index contributed by atoms with van der Waals surface area (Å²) < 4.78 is 0. The van der Waals surface area contributed by atoms with Gasteiger partial charge in [0.15, 0.2) is 0 Å². The molecule has 1 aromatic heterocycles. The topological polar surface area (TPSA) is 105 Å². The lowest BCUT2D eigenvalue weighted by atomic mass is 9.96. The fraction of sp³-hybridized carbons (Fsp3) is 0.316. The van der Waals surface area contributed by atoms with E-state index in [4.69, 9.17) is 0 Å². The van der Waals surface area contributed by atoms with E-state index in [1.165, 1.54) is 11.0 Å². The number of anilines is 1. The Labute approximate surface area is 156 Å². The molecule has 1 aliphatic rings. The van der Waals surface area contributed by atoms with Crippen LogP contribution in [0.25, 0.3) is 0 Å². The maximum atomic E-state index is 12.9. The SMILES string of the molecule is Cc1cccc(C(=O)N2CCC[C@@H](C(=O)Nc3ccccn3)C2)c1[N+](=O)[O-]. The normalized spacial score (nSPS) is 16.6. The average molecular weight is 368 g/mol. The number of hydrogen-bond acceptors (Lipinski definition) is 5. The second-order valence-electron chi connectivity index (χ2n) is 6.52. The van der Waals surface area contributed by atoms with Gasteiger partial charge in [-0.15, -0.1) is 0 Å². The maximum absolute atomic E-state index is 12.9. The van der Waals surface area contributed by atoms with Gasteiger partial charge in [-0.1, -0.05) is 18.2 Å². The van der Waals surface area contributed by atoms with E-state index in [0.717, 1.165) is 0 Å². The van der Waals surface area contributed by atoms with Crippen molar-refractivity contribution in [3.05, 3.63) is 63.8 Å². The highest BCUT2D eigenvalue weighted by Gasteiger charge is 2.32. The summed E-state index contributed by atoms with van der Waals surface area (Å²) in [6, 6.07) is 9.92. The smallest absolute Gasteiger partial charge is 0.285 e. The maximum Gasteiger partial charge on any atom is 0.285 e. The largest absolute Gasteiger partial charge is 0.338 e. The van der Waals surface area contributed by atoms with E-state index in [1.807, 2.05) is 0 Å². The zero-order valence-electron chi connectivity index (χ0n) is 14.9. The molecule has 1 aliphatic heterocycles. The first-order chi connectivity index (χ1) is 13.0. The molecule has 2 amide bonds. The number of nitro groups is 1. The third kappa shape index (κ3) is 4.11. The highest BCUT2D eigenvalue weighted by Crippen LogP contribution is 2.27. The molecular weight excluding hydrogens is 348 g/mol. The first kappa shape index (κ1) is 18.5. The fourth-order valence-corrected chi connectivity index (χ4v) is 3.28. The number of nitrogens with one attached hydrogen (secondary N) is 1. The van der Waals surface area contributed by atoms with E-state index in [1.54, 1.807) is 43.5 Å². The summed E-state index contributed by atoms with van der Waals surface area (Å²) in [5.41, 5.74) is 0.320. The number of carbonyl (C=O) groups is 2. The predicted molar refractivity (Wildman–Crippen MR) is 99.3 cm³/mol. The quantitative estimate of drug-likeness (QED) is 0.660. The Balaban J connectivity index is 1.75. The Morgan fingerprint density at radius 3 is 2.78 bits per heavy atom. The number of carbonyl (C=O) groups excluding carboxylic acids is 2. The highest BCUT2D eigenvalue weighted by atomic mass is 16.6. The van der Waals surface area contributed by atoms with Gasteiger partial charge >= 0.3 is 0 Å².